The molecule has 1 N–H and O–H groups in total. The zero-order chi connectivity index (χ0) is 9.26. The van der Waals surface area contributed by atoms with Gasteiger partial charge in [0.1, 0.15) is 0 Å². The van der Waals surface area contributed by atoms with Gasteiger partial charge in [-0.2, -0.15) is 8.78 Å². The number of halogens is 2. The molecule has 0 bridgehead atoms. The molecule has 1 aromatic carbocycles. The number of aromatic amines is 1. The Morgan fingerprint density at radius 3 is 2.77 bits per heavy atom. The molecule has 4 heteroatoms. The molecule has 0 aliphatic carbocycles. The van der Waals surface area contributed by atoms with Gasteiger partial charge in [-0.15, -0.1) is 0 Å². The largest absolute Gasteiger partial charge is 0.433 e. The van der Waals surface area contributed by atoms with Crippen LogP contribution in [0, 0.1) is 0 Å². The van der Waals surface area contributed by atoms with Gasteiger partial charge in [-0.05, 0) is 12.1 Å². The molecule has 0 aliphatic heterocycles. The van der Waals surface area contributed by atoms with Crippen LogP contribution in [-0.4, -0.2) is 11.6 Å². The SMILES string of the molecule is FC(F)Oc1c[nH]c2ccccc12. The van der Waals surface area contributed by atoms with Crippen LogP contribution in [0.1, 0.15) is 0 Å². The Morgan fingerprint density at radius 2 is 2.00 bits per heavy atom. The van der Waals surface area contributed by atoms with Crippen LogP contribution in [0.5, 0.6) is 5.75 Å². The summed E-state index contributed by atoms with van der Waals surface area (Å²) in [4.78, 5) is 2.84. The molecule has 0 atom stereocenters. The first-order valence-corrected chi connectivity index (χ1v) is 3.78. The molecule has 1 heterocycles. The first-order valence-electron chi connectivity index (χ1n) is 3.78. The minimum atomic E-state index is -2.78. The molecule has 0 spiro atoms. The molecule has 0 amide bonds. The molecule has 0 fully saturated rings. The smallest absolute Gasteiger partial charge is 0.387 e. The van der Waals surface area contributed by atoms with E-state index in [2.05, 4.69) is 9.72 Å². The number of ether oxygens (including phenoxy) is 1. The summed E-state index contributed by atoms with van der Waals surface area (Å²) in [5, 5.41) is 0.669. The minimum Gasteiger partial charge on any atom is -0.433 e. The van der Waals surface area contributed by atoms with Gasteiger partial charge in [0.25, 0.3) is 0 Å². The first-order chi connectivity index (χ1) is 6.27. The van der Waals surface area contributed by atoms with Gasteiger partial charge < -0.3 is 9.72 Å². The van der Waals surface area contributed by atoms with Crippen molar-refractivity contribution < 1.29 is 13.5 Å². The second-order valence-corrected chi connectivity index (χ2v) is 2.58. The quantitative estimate of drug-likeness (QED) is 0.760. The highest BCUT2D eigenvalue weighted by molar-refractivity contribution is 5.85. The highest BCUT2D eigenvalue weighted by Gasteiger charge is 2.08. The molecule has 13 heavy (non-hydrogen) atoms. The number of alkyl halides is 2. The second-order valence-electron chi connectivity index (χ2n) is 2.58. The lowest BCUT2D eigenvalue weighted by Crippen LogP contribution is -2.00. The molecule has 0 saturated carbocycles. The number of benzene rings is 1. The monoisotopic (exact) mass is 183 g/mol. The Kier molecular flexibility index (Phi) is 1.88. The van der Waals surface area contributed by atoms with Crippen molar-refractivity contribution in [3.8, 4) is 5.75 Å². The van der Waals surface area contributed by atoms with Gasteiger partial charge in [-0.25, -0.2) is 0 Å². The summed E-state index contributed by atoms with van der Waals surface area (Å²) in [6.07, 6.45) is 1.43. The van der Waals surface area contributed by atoms with E-state index in [1.54, 1.807) is 18.2 Å². The van der Waals surface area contributed by atoms with Crippen LogP contribution in [0.2, 0.25) is 0 Å². The third kappa shape index (κ3) is 1.47. The predicted octanol–water partition coefficient (Wildman–Crippen LogP) is 2.77. The van der Waals surface area contributed by atoms with Crippen LogP contribution in [0.25, 0.3) is 10.9 Å². The predicted molar refractivity (Wildman–Crippen MR) is 44.9 cm³/mol. The van der Waals surface area contributed by atoms with Crippen molar-refractivity contribution in [1.29, 1.82) is 0 Å². The maximum Gasteiger partial charge on any atom is 0.387 e. The fraction of sp³-hybridized carbons (Fsp3) is 0.111. The lowest BCUT2D eigenvalue weighted by Gasteiger charge is -2.00. The number of nitrogens with one attached hydrogen (secondary N) is 1. The van der Waals surface area contributed by atoms with Gasteiger partial charge in [0.15, 0.2) is 5.75 Å². The first kappa shape index (κ1) is 8.04. The van der Waals surface area contributed by atoms with Crippen LogP contribution in [0.15, 0.2) is 30.5 Å². The number of fused-ring (bicyclic) bond motifs is 1. The van der Waals surface area contributed by atoms with Crippen LogP contribution in [0.3, 0.4) is 0 Å². The van der Waals surface area contributed by atoms with E-state index in [4.69, 9.17) is 0 Å². The third-order valence-electron chi connectivity index (χ3n) is 1.77. The summed E-state index contributed by atoms with van der Waals surface area (Å²) in [5.74, 6) is 0.186. The average Bonchev–Trinajstić information content (AvgIpc) is 2.48. The van der Waals surface area contributed by atoms with E-state index < -0.39 is 6.61 Å². The fourth-order valence-electron chi connectivity index (χ4n) is 1.24. The maximum atomic E-state index is 11.9. The fourth-order valence-corrected chi connectivity index (χ4v) is 1.24. The van der Waals surface area contributed by atoms with Crippen LogP contribution in [0.4, 0.5) is 8.78 Å². The normalized spacial score (nSPS) is 11.0. The molecule has 2 aromatic rings. The Hall–Kier alpha value is -1.58. The van der Waals surface area contributed by atoms with Gasteiger partial charge >= 0.3 is 6.61 Å². The zero-order valence-corrected chi connectivity index (χ0v) is 6.63. The Balaban J connectivity index is 2.46. The third-order valence-corrected chi connectivity index (χ3v) is 1.77. The number of hydrogen-bond acceptors (Lipinski definition) is 1. The molecular formula is C9H7F2NO. The van der Waals surface area contributed by atoms with E-state index >= 15 is 0 Å². The average molecular weight is 183 g/mol. The second kappa shape index (κ2) is 3.05. The number of H-pyrrole nitrogens is 1. The van der Waals surface area contributed by atoms with Gasteiger partial charge in [0, 0.05) is 17.1 Å². The van der Waals surface area contributed by atoms with E-state index in [1.807, 2.05) is 6.07 Å². The molecular weight excluding hydrogens is 176 g/mol. The highest BCUT2D eigenvalue weighted by Crippen LogP contribution is 2.25. The Bertz CT molecular complexity index is 411. The van der Waals surface area contributed by atoms with Crippen molar-refractivity contribution >= 4 is 10.9 Å². The summed E-state index contributed by atoms with van der Waals surface area (Å²) in [7, 11) is 0. The van der Waals surface area contributed by atoms with Crippen molar-refractivity contribution in [2.24, 2.45) is 0 Å². The number of para-hydroxylation sites is 1. The Morgan fingerprint density at radius 1 is 1.23 bits per heavy atom. The summed E-state index contributed by atoms with van der Waals surface area (Å²) in [6.45, 7) is -2.78. The van der Waals surface area contributed by atoms with E-state index in [-0.39, 0.29) is 5.75 Å². The molecule has 0 radical (unpaired) electrons. The summed E-state index contributed by atoms with van der Waals surface area (Å²) in [6, 6.07) is 7.12. The van der Waals surface area contributed by atoms with Crippen LogP contribution >= 0.6 is 0 Å². The van der Waals surface area contributed by atoms with E-state index in [0.29, 0.717) is 5.39 Å². The van der Waals surface area contributed by atoms with Gasteiger partial charge in [0.2, 0.25) is 0 Å². The standard InChI is InChI=1S/C9H7F2NO/c10-9(11)13-8-5-12-7-4-2-1-3-6(7)8/h1-5,9,12H. The molecule has 2 nitrogen and oxygen atoms in total. The number of aromatic nitrogens is 1. The number of hydrogen-bond donors (Lipinski definition) is 1. The van der Waals surface area contributed by atoms with E-state index in [9.17, 15) is 8.78 Å². The van der Waals surface area contributed by atoms with Crippen molar-refractivity contribution in [3.05, 3.63) is 30.5 Å². The minimum absolute atomic E-state index is 0.186. The lowest BCUT2D eigenvalue weighted by atomic mass is 10.2. The van der Waals surface area contributed by atoms with Crippen molar-refractivity contribution in [1.82, 2.24) is 4.98 Å². The van der Waals surface area contributed by atoms with Crippen LogP contribution in [-0.2, 0) is 0 Å². The molecule has 0 aliphatic rings. The van der Waals surface area contributed by atoms with Gasteiger partial charge in [-0.1, -0.05) is 12.1 Å². The molecule has 0 unspecified atom stereocenters. The maximum absolute atomic E-state index is 11.9. The highest BCUT2D eigenvalue weighted by atomic mass is 19.3. The topological polar surface area (TPSA) is 25.0 Å². The van der Waals surface area contributed by atoms with E-state index in [1.165, 1.54) is 6.20 Å². The lowest BCUT2D eigenvalue weighted by molar-refractivity contribution is -0.0487. The molecule has 2 rings (SSSR count). The van der Waals surface area contributed by atoms with Gasteiger partial charge in [0.05, 0.1) is 0 Å². The molecule has 1 aromatic heterocycles. The summed E-state index contributed by atoms with van der Waals surface area (Å²) < 4.78 is 28.1. The van der Waals surface area contributed by atoms with Crippen molar-refractivity contribution in [2.45, 2.75) is 6.61 Å². The summed E-state index contributed by atoms with van der Waals surface area (Å²) >= 11 is 0. The summed E-state index contributed by atoms with van der Waals surface area (Å²) in [5.41, 5.74) is 0.790. The molecule has 0 saturated heterocycles. The molecule has 68 valence electrons. The zero-order valence-electron chi connectivity index (χ0n) is 6.63. The number of rotatable bonds is 2. The van der Waals surface area contributed by atoms with Crippen molar-refractivity contribution in [3.63, 3.8) is 0 Å². The Labute approximate surface area is 73.1 Å². The van der Waals surface area contributed by atoms with E-state index in [0.717, 1.165) is 5.52 Å². The van der Waals surface area contributed by atoms with Gasteiger partial charge in [-0.3, -0.25) is 0 Å². The van der Waals surface area contributed by atoms with Crippen LogP contribution < -0.4 is 4.74 Å². The van der Waals surface area contributed by atoms with Crippen molar-refractivity contribution in [2.75, 3.05) is 0 Å².